The van der Waals surface area contributed by atoms with Gasteiger partial charge in [-0.15, -0.1) is 0 Å². The van der Waals surface area contributed by atoms with Crippen LogP contribution in [0.25, 0.3) is 0 Å². The van der Waals surface area contributed by atoms with Gasteiger partial charge in [-0.25, -0.2) is 0 Å². The van der Waals surface area contributed by atoms with Crippen LogP contribution in [0.5, 0.6) is 0 Å². The van der Waals surface area contributed by atoms with Crippen LogP contribution < -0.4 is 10.6 Å². The number of nitrogens with one attached hydrogen (secondary N) is 2. The minimum absolute atomic E-state index is 0.0530. The summed E-state index contributed by atoms with van der Waals surface area (Å²) < 4.78 is 5.39. The van der Waals surface area contributed by atoms with E-state index in [0.717, 1.165) is 51.9 Å². The predicted octanol–water partition coefficient (Wildman–Crippen LogP) is 0.767. The molecule has 3 aliphatic rings. The molecular formula is C18H31N3O3. The Kier molecular flexibility index (Phi) is 5.76. The Bertz CT molecular complexity index is 453. The van der Waals surface area contributed by atoms with Crippen molar-refractivity contribution in [3.05, 3.63) is 0 Å². The molecule has 0 aromatic carbocycles. The highest BCUT2D eigenvalue weighted by molar-refractivity contribution is 5.85. The summed E-state index contributed by atoms with van der Waals surface area (Å²) in [7, 11) is 1.67. The minimum Gasteiger partial charge on any atom is -0.384 e. The molecule has 0 bridgehead atoms. The zero-order chi connectivity index (χ0) is 17.0. The van der Waals surface area contributed by atoms with E-state index in [1.807, 2.05) is 4.90 Å². The number of likely N-dealkylation sites (tertiary alicyclic amines) is 1. The fourth-order valence-electron chi connectivity index (χ4n) is 4.02. The molecule has 6 nitrogen and oxygen atoms in total. The van der Waals surface area contributed by atoms with E-state index in [0.29, 0.717) is 19.1 Å². The van der Waals surface area contributed by atoms with Crippen LogP contribution in [0.2, 0.25) is 0 Å². The summed E-state index contributed by atoms with van der Waals surface area (Å²) in [6, 6.07) is 0. The molecule has 2 heterocycles. The second-order valence-corrected chi connectivity index (χ2v) is 7.74. The first kappa shape index (κ1) is 17.7. The second-order valence-electron chi connectivity index (χ2n) is 7.74. The molecule has 2 aliphatic heterocycles. The third kappa shape index (κ3) is 4.09. The summed E-state index contributed by atoms with van der Waals surface area (Å²) in [6.07, 6.45) is 5.91. The SMILES string of the molecule is COCC1(C(=O)N2CCCC(C(=O)NCC3CC3)C2)CCNCC1. The first-order valence-corrected chi connectivity index (χ1v) is 9.41. The Morgan fingerprint density at radius 3 is 2.67 bits per heavy atom. The van der Waals surface area contributed by atoms with Gasteiger partial charge in [0.2, 0.25) is 11.8 Å². The number of rotatable bonds is 6. The van der Waals surface area contributed by atoms with E-state index in [1.165, 1.54) is 12.8 Å². The highest BCUT2D eigenvalue weighted by Crippen LogP contribution is 2.33. The van der Waals surface area contributed by atoms with Crippen molar-refractivity contribution < 1.29 is 14.3 Å². The molecule has 0 aromatic heterocycles. The molecule has 1 atom stereocenters. The third-order valence-electron chi connectivity index (χ3n) is 5.78. The van der Waals surface area contributed by atoms with E-state index in [1.54, 1.807) is 7.11 Å². The number of amides is 2. The summed E-state index contributed by atoms with van der Waals surface area (Å²) in [5, 5.41) is 6.40. The highest BCUT2D eigenvalue weighted by Gasteiger charge is 2.43. The smallest absolute Gasteiger partial charge is 0.231 e. The Morgan fingerprint density at radius 1 is 1.25 bits per heavy atom. The Morgan fingerprint density at radius 2 is 2.00 bits per heavy atom. The predicted molar refractivity (Wildman–Crippen MR) is 91.5 cm³/mol. The van der Waals surface area contributed by atoms with E-state index in [4.69, 9.17) is 4.74 Å². The Hall–Kier alpha value is -1.14. The second kappa shape index (κ2) is 7.83. The lowest BCUT2D eigenvalue weighted by Crippen LogP contribution is -2.55. The quantitative estimate of drug-likeness (QED) is 0.751. The van der Waals surface area contributed by atoms with Gasteiger partial charge in [0, 0.05) is 26.7 Å². The summed E-state index contributed by atoms with van der Waals surface area (Å²) in [5.74, 6) is 0.953. The fourth-order valence-corrected chi connectivity index (χ4v) is 4.02. The molecule has 1 unspecified atom stereocenters. The number of hydrogen-bond acceptors (Lipinski definition) is 4. The molecule has 0 aromatic rings. The molecule has 3 rings (SSSR count). The van der Waals surface area contributed by atoms with Crippen LogP contribution in [0.15, 0.2) is 0 Å². The molecule has 0 spiro atoms. The summed E-state index contributed by atoms with van der Waals surface area (Å²) >= 11 is 0. The lowest BCUT2D eigenvalue weighted by atomic mass is 9.77. The standard InChI is InChI=1S/C18H31N3O3/c1-24-13-18(6-8-19-9-7-18)17(23)21-10-2-3-15(12-21)16(22)20-11-14-4-5-14/h14-15,19H,2-13H2,1H3,(H,20,22). The van der Waals surface area contributed by atoms with Crippen LogP contribution in [-0.2, 0) is 14.3 Å². The van der Waals surface area contributed by atoms with E-state index >= 15 is 0 Å². The van der Waals surface area contributed by atoms with E-state index in [2.05, 4.69) is 10.6 Å². The van der Waals surface area contributed by atoms with Crippen molar-refractivity contribution in [3.63, 3.8) is 0 Å². The average molecular weight is 337 g/mol. The monoisotopic (exact) mass is 337 g/mol. The summed E-state index contributed by atoms with van der Waals surface area (Å²) in [5.41, 5.74) is -0.410. The molecule has 0 radical (unpaired) electrons. The van der Waals surface area contributed by atoms with Crippen molar-refractivity contribution in [2.24, 2.45) is 17.3 Å². The lowest BCUT2D eigenvalue weighted by Gasteiger charge is -2.42. The third-order valence-corrected chi connectivity index (χ3v) is 5.78. The Balaban J connectivity index is 1.59. The maximum absolute atomic E-state index is 13.2. The summed E-state index contributed by atoms with van der Waals surface area (Å²) in [4.78, 5) is 27.5. The topological polar surface area (TPSA) is 70.7 Å². The molecule has 6 heteroatoms. The molecule has 3 fully saturated rings. The molecular weight excluding hydrogens is 306 g/mol. The van der Waals surface area contributed by atoms with Crippen molar-refractivity contribution in [3.8, 4) is 0 Å². The van der Waals surface area contributed by atoms with Crippen LogP contribution in [0.4, 0.5) is 0 Å². The maximum atomic E-state index is 13.2. The van der Waals surface area contributed by atoms with Gasteiger partial charge in [0.15, 0.2) is 0 Å². The zero-order valence-corrected chi connectivity index (χ0v) is 14.8. The van der Waals surface area contributed by atoms with Crippen molar-refractivity contribution in [1.82, 2.24) is 15.5 Å². The van der Waals surface area contributed by atoms with Gasteiger partial charge < -0.3 is 20.3 Å². The normalized spacial score (nSPS) is 26.9. The lowest BCUT2D eigenvalue weighted by molar-refractivity contribution is -0.150. The first-order chi connectivity index (χ1) is 11.6. The molecule has 1 saturated carbocycles. The van der Waals surface area contributed by atoms with Crippen LogP contribution in [0.3, 0.4) is 0 Å². The largest absolute Gasteiger partial charge is 0.384 e. The van der Waals surface area contributed by atoms with Crippen LogP contribution in [-0.4, -0.2) is 63.2 Å². The van der Waals surface area contributed by atoms with Gasteiger partial charge in [-0.3, -0.25) is 9.59 Å². The van der Waals surface area contributed by atoms with Crippen LogP contribution in [0, 0.1) is 17.3 Å². The van der Waals surface area contributed by atoms with Crippen molar-refractivity contribution in [2.45, 2.75) is 38.5 Å². The Labute approximate surface area is 144 Å². The average Bonchev–Trinajstić information content (AvgIpc) is 3.44. The van der Waals surface area contributed by atoms with Crippen LogP contribution in [0.1, 0.15) is 38.5 Å². The minimum atomic E-state index is -0.410. The number of hydrogen-bond donors (Lipinski definition) is 2. The van der Waals surface area contributed by atoms with Gasteiger partial charge >= 0.3 is 0 Å². The van der Waals surface area contributed by atoms with Crippen molar-refractivity contribution >= 4 is 11.8 Å². The van der Waals surface area contributed by atoms with E-state index in [-0.39, 0.29) is 17.7 Å². The van der Waals surface area contributed by atoms with Crippen LogP contribution >= 0.6 is 0 Å². The van der Waals surface area contributed by atoms with Crippen molar-refractivity contribution in [2.75, 3.05) is 46.4 Å². The number of methoxy groups -OCH3 is 1. The molecule has 2 saturated heterocycles. The number of ether oxygens (including phenoxy) is 1. The van der Waals surface area contributed by atoms with Gasteiger partial charge in [0.05, 0.1) is 17.9 Å². The van der Waals surface area contributed by atoms with Gasteiger partial charge in [0.1, 0.15) is 0 Å². The fraction of sp³-hybridized carbons (Fsp3) is 0.889. The molecule has 2 N–H and O–H groups in total. The van der Waals surface area contributed by atoms with Gasteiger partial charge in [-0.1, -0.05) is 0 Å². The summed E-state index contributed by atoms with van der Waals surface area (Å²) in [6.45, 7) is 4.33. The number of carbonyl (C=O) groups is 2. The number of piperidine rings is 2. The zero-order valence-electron chi connectivity index (χ0n) is 14.8. The van der Waals surface area contributed by atoms with Gasteiger partial charge in [-0.05, 0) is 57.5 Å². The van der Waals surface area contributed by atoms with E-state index in [9.17, 15) is 9.59 Å². The number of carbonyl (C=O) groups excluding carboxylic acids is 2. The van der Waals surface area contributed by atoms with Gasteiger partial charge in [0.25, 0.3) is 0 Å². The van der Waals surface area contributed by atoms with Crippen molar-refractivity contribution in [1.29, 1.82) is 0 Å². The van der Waals surface area contributed by atoms with Gasteiger partial charge in [-0.2, -0.15) is 0 Å². The first-order valence-electron chi connectivity index (χ1n) is 9.41. The molecule has 2 amide bonds. The maximum Gasteiger partial charge on any atom is 0.231 e. The molecule has 136 valence electrons. The molecule has 24 heavy (non-hydrogen) atoms. The number of nitrogens with zero attached hydrogens (tertiary/aromatic N) is 1. The highest BCUT2D eigenvalue weighted by atomic mass is 16.5. The van der Waals surface area contributed by atoms with E-state index < -0.39 is 5.41 Å². The molecule has 1 aliphatic carbocycles.